The summed E-state index contributed by atoms with van der Waals surface area (Å²) in [4.78, 5) is 11.2. The molecule has 1 fully saturated rings. The van der Waals surface area contributed by atoms with Gasteiger partial charge in [-0.3, -0.25) is 4.79 Å². The number of halogens is 2. The van der Waals surface area contributed by atoms with Crippen molar-refractivity contribution in [2.24, 2.45) is 0 Å². The van der Waals surface area contributed by atoms with Gasteiger partial charge in [-0.25, -0.2) is 8.78 Å². The van der Waals surface area contributed by atoms with E-state index in [0.29, 0.717) is 19.6 Å². The number of rotatable bonds is 7. The Labute approximate surface area is 197 Å². The molecule has 5 nitrogen and oxygen atoms in total. The van der Waals surface area contributed by atoms with Crippen LogP contribution in [0.5, 0.6) is 0 Å². The molecule has 3 aromatic rings. The van der Waals surface area contributed by atoms with E-state index in [0.717, 1.165) is 22.4 Å². The average Bonchev–Trinajstić information content (AvgIpc) is 2.82. The van der Waals surface area contributed by atoms with Crippen molar-refractivity contribution in [1.82, 2.24) is 5.32 Å². The Morgan fingerprint density at radius 2 is 1.53 bits per heavy atom. The lowest BCUT2D eigenvalue weighted by atomic mass is 9.82. The summed E-state index contributed by atoms with van der Waals surface area (Å²) in [5.74, 6) is -1.05. The van der Waals surface area contributed by atoms with Crippen LogP contribution in [0.1, 0.15) is 36.0 Å². The number of nitrogens with one attached hydrogen (secondary N) is 2. The predicted molar refractivity (Wildman–Crippen MR) is 126 cm³/mol. The number of carbonyl (C=O) groups excluding carboxylic acids is 1. The minimum Gasteiger partial charge on any atom is -0.391 e. The monoisotopic (exact) mass is 466 g/mol. The zero-order valence-electron chi connectivity index (χ0n) is 18.9. The quantitative estimate of drug-likeness (QED) is 0.484. The van der Waals surface area contributed by atoms with E-state index >= 15 is 0 Å². The molecule has 1 aliphatic heterocycles. The molecule has 7 heteroatoms. The van der Waals surface area contributed by atoms with Gasteiger partial charge in [0.2, 0.25) is 5.91 Å². The lowest BCUT2D eigenvalue weighted by molar-refractivity contribution is -0.114. The summed E-state index contributed by atoms with van der Waals surface area (Å²) in [7, 11) is 0. The van der Waals surface area contributed by atoms with Gasteiger partial charge in [-0.1, -0.05) is 36.4 Å². The number of aliphatic hydroxyl groups excluding tert-OH is 1. The van der Waals surface area contributed by atoms with Crippen molar-refractivity contribution in [2.75, 3.05) is 11.9 Å². The second-order valence-corrected chi connectivity index (χ2v) is 8.62. The molecule has 1 saturated heterocycles. The Morgan fingerprint density at radius 3 is 2.03 bits per heavy atom. The number of benzene rings is 3. The van der Waals surface area contributed by atoms with E-state index in [1.807, 2.05) is 24.3 Å². The fourth-order valence-electron chi connectivity index (χ4n) is 4.36. The molecule has 0 radical (unpaired) electrons. The highest BCUT2D eigenvalue weighted by Gasteiger charge is 2.35. The number of amides is 1. The van der Waals surface area contributed by atoms with Gasteiger partial charge in [0.15, 0.2) is 0 Å². The fourth-order valence-corrected chi connectivity index (χ4v) is 4.36. The van der Waals surface area contributed by atoms with Crippen LogP contribution >= 0.6 is 0 Å². The van der Waals surface area contributed by atoms with Gasteiger partial charge in [0.1, 0.15) is 11.6 Å². The molecule has 178 valence electrons. The molecule has 0 saturated carbocycles. The third-order valence-electron chi connectivity index (χ3n) is 6.10. The summed E-state index contributed by atoms with van der Waals surface area (Å²) in [6.45, 7) is 2.30. The first kappa shape index (κ1) is 24.0. The zero-order chi connectivity index (χ0) is 24.1. The highest BCUT2D eigenvalue weighted by atomic mass is 19.1. The highest BCUT2D eigenvalue weighted by Crippen LogP contribution is 2.35. The first-order valence-electron chi connectivity index (χ1n) is 11.3. The number of carbonyl (C=O) groups is 1. The van der Waals surface area contributed by atoms with Crippen LogP contribution in [0.25, 0.3) is 0 Å². The van der Waals surface area contributed by atoms with Crippen molar-refractivity contribution in [2.45, 2.75) is 44.1 Å². The van der Waals surface area contributed by atoms with Gasteiger partial charge in [0.05, 0.1) is 24.9 Å². The number of anilines is 1. The van der Waals surface area contributed by atoms with Crippen LogP contribution in [0.2, 0.25) is 0 Å². The van der Waals surface area contributed by atoms with E-state index in [2.05, 4.69) is 10.6 Å². The molecule has 1 heterocycles. The van der Waals surface area contributed by atoms with Crippen LogP contribution in [0.15, 0.2) is 72.8 Å². The normalized spacial score (nSPS) is 20.3. The molecule has 3 atom stereocenters. The van der Waals surface area contributed by atoms with E-state index in [1.54, 1.807) is 24.3 Å². The van der Waals surface area contributed by atoms with E-state index in [4.69, 9.17) is 4.74 Å². The van der Waals surface area contributed by atoms with Gasteiger partial charge in [-0.15, -0.1) is 0 Å². The Bertz CT molecular complexity index is 1040. The standard InChI is InChI=1S/C27H28F2N2O3/c1-17(32)31-23-12-2-18(3-13-23)15-30-24-16-34-26(14-25(24)33)27(19-4-8-21(28)9-5-19)20-6-10-22(29)11-7-20/h2-13,24-27,30,33H,14-16H2,1H3,(H,31,32)/t24-,25-,26+/m1/s1. The summed E-state index contributed by atoms with van der Waals surface area (Å²) in [5.41, 5.74) is 3.43. The lowest BCUT2D eigenvalue weighted by Gasteiger charge is -2.38. The van der Waals surface area contributed by atoms with Crippen molar-refractivity contribution < 1.29 is 23.4 Å². The maximum atomic E-state index is 13.5. The van der Waals surface area contributed by atoms with Crippen molar-refractivity contribution in [1.29, 1.82) is 0 Å². The maximum absolute atomic E-state index is 13.5. The highest BCUT2D eigenvalue weighted by molar-refractivity contribution is 5.88. The van der Waals surface area contributed by atoms with Crippen LogP contribution in [-0.2, 0) is 16.1 Å². The predicted octanol–water partition coefficient (Wildman–Crippen LogP) is 4.36. The van der Waals surface area contributed by atoms with Crippen LogP contribution in [0.4, 0.5) is 14.5 Å². The van der Waals surface area contributed by atoms with Gasteiger partial charge in [0.25, 0.3) is 0 Å². The van der Waals surface area contributed by atoms with Crippen LogP contribution in [0.3, 0.4) is 0 Å². The molecule has 0 unspecified atom stereocenters. The molecule has 0 bridgehead atoms. The maximum Gasteiger partial charge on any atom is 0.221 e. The van der Waals surface area contributed by atoms with Gasteiger partial charge in [0, 0.05) is 31.5 Å². The van der Waals surface area contributed by atoms with E-state index in [9.17, 15) is 18.7 Å². The lowest BCUT2D eigenvalue weighted by Crippen LogP contribution is -2.50. The minimum atomic E-state index is -0.652. The molecule has 0 spiro atoms. The summed E-state index contributed by atoms with van der Waals surface area (Å²) in [6.07, 6.45) is -0.625. The smallest absolute Gasteiger partial charge is 0.221 e. The largest absolute Gasteiger partial charge is 0.391 e. The molecule has 0 aliphatic carbocycles. The molecule has 1 amide bonds. The molecule has 4 rings (SSSR count). The van der Waals surface area contributed by atoms with Gasteiger partial charge in [-0.2, -0.15) is 0 Å². The van der Waals surface area contributed by atoms with Crippen LogP contribution in [-0.4, -0.2) is 35.9 Å². The van der Waals surface area contributed by atoms with E-state index in [1.165, 1.54) is 31.2 Å². The molecular formula is C27H28F2N2O3. The van der Waals surface area contributed by atoms with Crippen molar-refractivity contribution in [3.05, 3.63) is 101 Å². The Kier molecular flexibility index (Phi) is 7.67. The minimum absolute atomic E-state index is 0.123. The van der Waals surface area contributed by atoms with Crippen LogP contribution < -0.4 is 10.6 Å². The van der Waals surface area contributed by atoms with Gasteiger partial charge in [-0.05, 0) is 53.1 Å². The summed E-state index contributed by atoms with van der Waals surface area (Å²) < 4.78 is 33.2. The van der Waals surface area contributed by atoms with Gasteiger partial charge < -0.3 is 20.5 Å². The van der Waals surface area contributed by atoms with Gasteiger partial charge >= 0.3 is 0 Å². The summed E-state index contributed by atoms with van der Waals surface area (Å²) in [6, 6.07) is 19.6. The Morgan fingerprint density at radius 1 is 0.971 bits per heavy atom. The summed E-state index contributed by atoms with van der Waals surface area (Å²) >= 11 is 0. The van der Waals surface area contributed by atoms with Crippen molar-refractivity contribution >= 4 is 11.6 Å². The first-order valence-corrected chi connectivity index (χ1v) is 11.3. The third-order valence-corrected chi connectivity index (χ3v) is 6.10. The molecule has 3 N–H and O–H groups in total. The molecule has 3 aromatic carbocycles. The first-order chi connectivity index (χ1) is 16.4. The number of hydrogen-bond acceptors (Lipinski definition) is 4. The SMILES string of the molecule is CC(=O)Nc1ccc(CN[C@@H]2CO[C@H](C(c3ccc(F)cc3)c3ccc(F)cc3)C[C@H]2O)cc1. The van der Waals surface area contributed by atoms with Crippen molar-refractivity contribution in [3.63, 3.8) is 0 Å². The molecule has 34 heavy (non-hydrogen) atoms. The average molecular weight is 467 g/mol. The van der Waals surface area contributed by atoms with Crippen LogP contribution in [0, 0.1) is 11.6 Å². The molecule has 0 aromatic heterocycles. The second-order valence-electron chi connectivity index (χ2n) is 8.62. The number of ether oxygens (including phenoxy) is 1. The molecular weight excluding hydrogens is 438 g/mol. The fraction of sp³-hybridized carbons (Fsp3) is 0.296. The van der Waals surface area contributed by atoms with Crippen molar-refractivity contribution in [3.8, 4) is 0 Å². The van der Waals surface area contributed by atoms with E-state index < -0.39 is 6.10 Å². The molecule has 1 aliphatic rings. The Hall–Kier alpha value is -3.13. The topological polar surface area (TPSA) is 70.6 Å². The van der Waals surface area contributed by atoms with E-state index in [-0.39, 0.29) is 35.6 Å². The number of hydrogen-bond donors (Lipinski definition) is 3. The zero-order valence-corrected chi connectivity index (χ0v) is 18.9. The summed E-state index contributed by atoms with van der Waals surface area (Å²) in [5, 5.41) is 17.0. The number of aliphatic hydroxyl groups is 1. The third kappa shape index (κ3) is 6.05. The second kappa shape index (κ2) is 10.9. The Balaban J connectivity index is 1.42.